The molecule has 6 heteroatoms. The van der Waals surface area contributed by atoms with Crippen molar-refractivity contribution in [3.05, 3.63) is 0 Å². The summed E-state index contributed by atoms with van der Waals surface area (Å²) in [6.07, 6.45) is 1.76. The molecule has 98 valence electrons. The Morgan fingerprint density at radius 3 is 2.41 bits per heavy atom. The molecule has 0 bridgehead atoms. The first-order chi connectivity index (χ1) is 8.02. The third kappa shape index (κ3) is 4.70. The van der Waals surface area contributed by atoms with Gasteiger partial charge in [0.2, 0.25) is 5.91 Å². The molecule has 0 aromatic carbocycles. The number of hydrogen-bond acceptors (Lipinski definition) is 4. The molecular weight excluding hydrogens is 224 g/mol. The topological polar surface area (TPSA) is 89.9 Å². The SMILES string of the molecule is CC(=O)NC(CN1CCC(CO)CC1)C(=O)O. The number of likely N-dealkylation sites (tertiary alicyclic amines) is 1. The monoisotopic (exact) mass is 244 g/mol. The van der Waals surface area contributed by atoms with Crippen molar-refractivity contribution in [1.82, 2.24) is 10.2 Å². The Balaban J connectivity index is 2.40. The Bertz CT molecular complexity index is 275. The van der Waals surface area contributed by atoms with Gasteiger partial charge in [0.15, 0.2) is 0 Å². The van der Waals surface area contributed by atoms with E-state index in [1.807, 2.05) is 4.90 Å². The minimum Gasteiger partial charge on any atom is -0.480 e. The summed E-state index contributed by atoms with van der Waals surface area (Å²) in [6.45, 7) is 3.38. The number of nitrogens with one attached hydrogen (secondary N) is 1. The number of carboxylic acids is 1. The molecule has 0 aromatic heterocycles. The summed E-state index contributed by atoms with van der Waals surface area (Å²) in [5.41, 5.74) is 0. The third-order valence-electron chi connectivity index (χ3n) is 3.08. The molecule has 1 aliphatic heterocycles. The van der Waals surface area contributed by atoms with Gasteiger partial charge < -0.3 is 20.4 Å². The summed E-state index contributed by atoms with van der Waals surface area (Å²) in [6, 6.07) is -0.849. The molecule has 1 aliphatic rings. The van der Waals surface area contributed by atoms with E-state index in [9.17, 15) is 9.59 Å². The number of rotatable bonds is 5. The second kappa shape index (κ2) is 6.56. The van der Waals surface area contributed by atoms with Gasteiger partial charge in [0.1, 0.15) is 6.04 Å². The zero-order valence-corrected chi connectivity index (χ0v) is 10.1. The molecule has 1 rings (SSSR count). The summed E-state index contributed by atoms with van der Waals surface area (Å²) in [5.74, 6) is -1.01. The first-order valence-electron chi connectivity index (χ1n) is 5.86. The van der Waals surface area contributed by atoms with Crippen LogP contribution in [0.4, 0.5) is 0 Å². The average molecular weight is 244 g/mol. The highest BCUT2D eigenvalue weighted by Crippen LogP contribution is 2.16. The van der Waals surface area contributed by atoms with Crippen LogP contribution in [0.5, 0.6) is 0 Å². The predicted octanol–water partition coefficient (Wildman–Crippen LogP) is -0.720. The number of amides is 1. The van der Waals surface area contributed by atoms with Gasteiger partial charge in [0.05, 0.1) is 0 Å². The highest BCUT2D eigenvalue weighted by Gasteiger charge is 2.25. The van der Waals surface area contributed by atoms with Crippen molar-refractivity contribution in [2.75, 3.05) is 26.2 Å². The summed E-state index contributed by atoms with van der Waals surface area (Å²) in [7, 11) is 0. The lowest BCUT2D eigenvalue weighted by Crippen LogP contribution is -2.49. The fraction of sp³-hybridized carbons (Fsp3) is 0.818. The summed E-state index contributed by atoms with van der Waals surface area (Å²) < 4.78 is 0. The van der Waals surface area contributed by atoms with Crippen molar-refractivity contribution in [2.24, 2.45) is 5.92 Å². The van der Waals surface area contributed by atoms with Crippen LogP contribution in [-0.2, 0) is 9.59 Å². The van der Waals surface area contributed by atoms with Gasteiger partial charge in [-0.3, -0.25) is 4.79 Å². The minimum atomic E-state index is -1.01. The molecule has 17 heavy (non-hydrogen) atoms. The molecule has 0 aromatic rings. The van der Waals surface area contributed by atoms with E-state index in [1.165, 1.54) is 6.92 Å². The van der Waals surface area contributed by atoms with Gasteiger partial charge >= 0.3 is 5.97 Å². The van der Waals surface area contributed by atoms with Crippen LogP contribution in [0.1, 0.15) is 19.8 Å². The van der Waals surface area contributed by atoms with Gasteiger partial charge in [-0.05, 0) is 31.8 Å². The maximum atomic E-state index is 10.9. The number of carboxylic acid groups (broad SMARTS) is 1. The standard InChI is InChI=1S/C11H20N2O4/c1-8(15)12-10(11(16)17)6-13-4-2-9(7-14)3-5-13/h9-10,14H,2-7H2,1H3,(H,12,15)(H,16,17). The lowest BCUT2D eigenvalue weighted by Gasteiger charge is -2.32. The van der Waals surface area contributed by atoms with E-state index >= 15 is 0 Å². The highest BCUT2D eigenvalue weighted by atomic mass is 16.4. The molecule has 0 aliphatic carbocycles. The molecule has 6 nitrogen and oxygen atoms in total. The molecule has 1 fully saturated rings. The van der Waals surface area contributed by atoms with E-state index in [-0.39, 0.29) is 12.5 Å². The molecule has 1 saturated heterocycles. The molecule has 3 N–H and O–H groups in total. The van der Waals surface area contributed by atoms with E-state index in [2.05, 4.69) is 5.32 Å². The van der Waals surface area contributed by atoms with E-state index in [0.717, 1.165) is 25.9 Å². The first-order valence-corrected chi connectivity index (χ1v) is 5.86. The van der Waals surface area contributed by atoms with Crippen LogP contribution in [-0.4, -0.2) is 59.3 Å². The maximum Gasteiger partial charge on any atom is 0.327 e. The number of hydrogen-bond donors (Lipinski definition) is 3. The van der Waals surface area contributed by atoms with Gasteiger partial charge in [0.25, 0.3) is 0 Å². The Hall–Kier alpha value is -1.14. The van der Waals surface area contributed by atoms with Crippen LogP contribution >= 0.6 is 0 Å². The van der Waals surface area contributed by atoms with Crippen LogP contribution in [0.3, 0.4) is 0 Å². The van der Waals surface area contributed by atoms with Gasteiger partial charge in [-0.2, -0.15) is 0 Å². The zero-order chi connectivity index (χ0) is 12.8. The Kier molecular flexibility index (Phi) is 5.37. The van der Waals surface area contributed by atoms with Gasteiger partial charge in [-0.1, -0.05) is 0 Å². The fourth-order valence-corrected chi connectivity index (χ4v) is 2.04. The predicted molar refractivity (Wildman–Crippen MR) is 61.5 cm³/mol. The molecular formula is C11H20N2O4. The second-order valence-corrected chi connectivity index (χ2v) is 4.52. The molecule has 0 saturated carbocycles. The third-order valence-corrected chi connectivity index (χ3v) is 3.08. The van der Waals surface area contributed by atoms with E-state index in [4.69, 9.17) is 10.2 Å². The summed E-state index contributed by atoms with van der Waals surface area (Å²) >= 11 is 0. The largest absolute Gasteiger partial charge is 0.480 e. The van der Waals surface area contributed by atoms with Crippen LogP contribution in [0.25, 0.3) is 0 Å². The number of aliphatic hydroxyl groups excluding tert-OH is 1. The van der Waals surface area contributed by atoms with E-state index < -0.39 is 12.0 Å². The maximum absolute atomic E-state index is 10.9. The minimum absolute atomic E-state index is 0.196. The first kappa shape index (κ1) is 13.9. The Morgan fingerprint density at radius 1 is 1.41 bits per heavy atom. The van der Waals surface area contributed by atoms with Crippen LogP contribution < -0.4 is 5.32 Å². The molecule has 1 amide bonds. The van der Waals surface area contributed by atoms with Crippen molar-refractivity contribution in [1.29, 1.82) is 0 Å². The Labute approximate surface area is 101 Å². The molecule has 1 atom stereocenters. The van der Waals surface area contributed by atoms with E-state index in [1.54, 1.807) is 0 Å². The number of carbonyl (C=O) groups is 2. The zero-order valence-electron chi connectivity index (χ0n) is 10.1. The highest BCUT2D eigenvalue weighted by molar-refractivity contribution is 5.82. The fourth-order valence-electron chi connectivity index (χ4n) is 2.04. The van der Waals surface area contributed by atoms with Gasteiger partial charge in [0, 0.05) is 20.1 Å². The average Bonchev–Trinajstić information content (AvgIpc) is 2.28. The van der Waals surface area contributed by atoms with E-state index in [0.29, 0.717) is 12.5 Å². The Morgan fingerprint density at radius 2 is 2.00 bits per heavy atom. The lowest BCUT2D eigenvalue weighted by atomic mass is 9.97. The van der Waals surface area contributed by atoms with Crippen molar-refractivity contribution in [3.63, 3.8) is 0 Å². The molecule has 1 heterocycles. The summed E-state index contributed by atoms with van der Waals surface area (Å²) in [4.78, 5) is 23.8. The van der Waals surface area contributed by atoms with Crippen molar-refractivity contribution in [3.8, 4) is 0 Å². The number of aliphatic carboxylic acids is 1. The summed E-state index contributed by atoms with van der Waals surface area (Å²) in [5, 5.41) is 20.4. The van der Waals surface area contributed by atoms with Crippen LogP contribution in [0.2, 0.25) is 0 Å². The lowest BCUT2D eigenvalue weighted by molar-refractivity contribution is -0.142. The van der Waals surface area contributed by atoms with Crippen molar-refractivity contribution >= 4 is 11.9 Å². The molecule has 0 radical (unpaired) electrons. The van der Waals surface area contributed by atoms with Gasteiger partial charge in [-0.25, -0.2) is 4.79 Å². The van der Waals surface area contributed by atoms with Crippen LogP contribution in [0.15, 0.2) is 0 Å². The van der Waals surface area contributed by atoms with Crippen molar-refractivity contribution < 1.29 is 19.8 Å². The smallest absolute Gasteiger partial charge is 0.327 e. The normalized spacial score (nSPS) is 19.9. The number of piperidine rings is 1. The second-order valence-electron chi connectivity index (χ2n) is 4.52. The number of carbonyl (C=O) groups excluding carboxylic acids is 1. The molecule has 1 unspecified atom stereocenters. The van der Waals surface area contributed by atoms with Crippen LogP contribution in [0, 0.1) is 5.92 Å². The number of nitrogens with zero attached hydrogens (tertiary/aromatic N) is 1. The number of aliphatic hydroxyl groups is 1. The van der Waals surface area contributed by atoms with Crippen molar-refractivity contribution in [2.45, 2.75) is 25.8 Å². The van der Waals surface area contributed by atoms with Gasteiger partial charge in [-0.15, -0.1) is 0 Å². The quantitative estimate of drug-likeness (QED) is 0.594. The molecule has 0 spiro atoms.